The Hall–Kier alpha value is -4.05. The minimum absolute atomic E-state index is 0.00105. The number of anilines is 1. The van der Waals surface area contributed by atoms with Crippen LogP contribution < -0.4 is 9.64 Å². The zero-order valence-corrected chi connectivity index (χ0v) is 27.2. The molecule has 0 saturated carbocycles. The monoisotopic (exact) mass is 647 g/mol. The number of aromatic nitrogens is 1. The van der Waals surface area contributed by atoms with Crippen LogP contribution in [0.4, 0.5) is 14.6 Å². The predicted octanol–water partition coefficient (Wildman–Crippen LogP) is 6.44. The first-order valence-corrected chi connectivity index (χ1v) is 16.8. The first-order valence-electron chi connectivity index (χ1n) is 16.8. The quantitative estimate of drug-likeness (QED) is 0.248. The van der Waals surface area contributed by atoms with Crippen LogP contribution in [-0.2, 0) is 25.7 Å². The Labute approximate surface area is 275 Å². The molecule has 8 nitrogen and oxygen atoms in total. The van der Waals surface area contributed by atoms with Gasteiger partial charge in [0.15, 0.2) is 11.6 Å². The SMILES string of the molecule is CCOC(=O)C1CCN(c2cccc(-c3cc(F)cc(F)c3OCc3ccc(C4CCN(C(=O)C5CCOC5)CC4)cc3C)n2)CC1. The van der Waals surface area contributed by atoms with E-state index in [0.717, 1.165) is 49.5 Å². The van der Waals surface area contributed by atoms with Crippen molar-refractivity contribution in [2.75, 3.05) is 50.9 Å². The van der Waals surface area contributed by atoms with Gasteiger partial charge in [-0.2, -0.15) is 0 Å². The third-order valence-corrected chi connectivity index (χ3v) is 9.75. The number of hydrogen-bond donors (Lipinski definition) is 0. The molecular weight excluding hydrogens is 604 g/mol. The van der Waals surface area contributed by atoms with E-state index in [1.807, 2.05) is 30.0 Å². The summed E-state index contributed by atoms with van der Waals surface area (Å²) in [5, 5.41) is 0. The lowest BCUT2D eigenvalue weighted by Crippen LogP contribution is -2.41. The van der Waals surface area contributed by atoms with Gasteiger partial charge >= 0.3 is 5.97 Å². The second kappa shape index (κ2) is 14.8. The van der Waals surface area contributed by atoms with Crippen LogP contribution >= 0.6 is 0 Å². The second-order valence-corrected chi connectivity index (χ2v) is 12.8. The van der Waals surface area contributed by atoms with E-state index in [1.54, 1.807) is 13.0 Å². The van der Waals surface area contributed by atoms with Gasteiger partial charge in [-0.3, -0.25) is 9.59 Å². The van der Waals surface area contributed by atoms with E-state index in [1.165, 1.54) is 11.6 Å². The highest BCUT2D eigenvalue weighted by Gasteiger charge is 2.31. The molecule has 1 atom stereocenters. The van der Waals surface area contributed by atoms with Crippen molar-refractivity contribution in [2.45, 2.75) is 58.5 Å². The first-order chi connectivity index (χ1) is 22.8. The standard InChI is InChI=1S/C37H43F2N3O5/c1-3-46-37(44)26-11-14-41(15-12-26)34-6-4-5-33(40-34)31-20-30(38)21-32(39)35(31)47-23-28-8-7-27(19-24(28)2)25-9-16-42(17-10-25)36(43)29-13-18-45-22-29/h4-8,19-21,25-26,29H,3,9-18,22-23H2,1-2H3. The van der Waals surface area contributed by atoms with Crippen LogP contribution in [-0.4, -0.2) is 67.8 Å². The van der Waals surface area contributed by atoms with E-state index in [9.17, 15) is 14.0 Å². The summed E-state index contributed by atoms with van der Waals surface area (Å²) in [6, 6.07) is 13.7. The molecule has 1 aromatic heterocycles. The van der Waals surface area contributed by atoms with Gasteiger partial charge in [0.05, 0.1) is 30.7 Å². The summed E-state index contributed by atoms with van der Waals surface area (Å²) in [5.74, 6) is -0.595. The minimum atomic E-state index is -0.790. The molecule has 3 saturated heterocycles. The van der Waals surface area contributed by atoms with Gasteiger partial charge in [0.25, 0.3) is 0 Å². The largest absolute Gasteiger partial charge is 0.485 e. The van der Waals surface area contributed by atoms with Crippen molar-refractivity contribution in [1.29, 1.82) is 0 Å². The number of carbonyl (C=O) groups is 2. The molecule has 0 spiro atoms. The Morgan fingerprint density at radius 3 is 2.45 bits per heavy atom. The summed E-state index contributed by atoms with van der Waals surface area (Å²) >= 11 is 0. The van der Waals surface area contributed by atoms with Crippen molar-refractivity contribution in [3.05, 3.63) is 76.9 Å². The number of piperidine rings is 2. The van der Waals surface area contributed by atoms with Gasteiger partial charge in [-0.25, -0.2) is 13.8 Å². The van der Waals surface area contributed by atoms with Crippen LogP contribution in [0.15, 0.2) is 48.5 Å². The molecule has 250 valence electrons. The number of rotatable bonds is 9. The van der Waals surface area contributed by atoms with Crippen molar-refractivity contribution >= 4 is 17.7 Å². The molecule has 1 unspecified atom stereocenters. The molecule has 4 heterocycles. The van der Waals surface area contributed by atoms with E-state index in [0.29, 0.717) is 63.2 Å². The fraction of sp³-hybridized carbons (Fsp3) is 0.486. The van der Waals surface area contributed by atoms with Gasteiger partial charge in [-0.15, -0.1) is 0 Å². The van der Waals surface area contributed by atoms with Crippen LogP contribution in [0.3, 0.4) is 0 Å². The number of ether oxygens (including phenoxy) is 3. The molecule has 3 fully saturated rings. The Bertz CT molecular complexity index is 1580. The number of pyridine rings is 1. The topological polar surface area (TPSA) is 81.2 Å². The first kappa shape index (κ1) is 32.9. The van der Waals surface area contributed by atoms with E-state index < -0.39 is 11.6 Å². The van der Waals surface area contributed by atoms with E-state index in [4.69, 9.17) is 19.2 Å². The summed E-state index contributed by atoms with van der Waals surface area (Å²) in [4.78, 5) is 33.8. The van der Waals surface area contributed by atoms with Gasteiger partial charge < -0.3 is 24.0 Å². The zero-order chi connectivity index (χ0) is 32.9. The Kier molecular flexibility index (Phi) is 10.3. The van der Waals surface area contributed by atoms with Crippen molar-refractivity contribution in [3.63, 3.8) is 0 Å². The third-order valence-electron chi connectivity index (χ3n) is 9.75. The summed E-state index contributed by atoms with van der Waals surface area (Å²) in [5.41, 5.74) is 3.80. The highest BCUT2D eigenvalue weighted by Crippen LogP contribution is 2.36. The molecular formula is C37H43F2N3O5. The Balaban J connectivity index is 1.11. The lowest BCUT2D eigenvalue weighted by atomic mass is 9.87. The van der Waals surface area contributed by atoms with Gasteiger partial charge in [-0.05, 0) is 86.8 Å². The van der Waals surface area contributed by atoms with Gasteiger partial charge in [0.1, 0.15) is 18.2 Å². The maximum absolute atomic E-state index is 15.2. The van der Waals surface area contributed by atoms with Crippen molar-refractivity contribution in [1.82, 2.24) is 9.88 Å². The molecule has 3 aromatic rings. The molecule has 3 aliphatic rings. The highest BCUT2D eigenvalue weighted by molar-refractivity contribution is 5.79. The predicted molar refractivity (Wildman–Crippen MR) is 174 cm³/mol. The van der Waals surface area contributed by atoms with E-state index in [-0.39, 0.29) is 41.6 Å². The molecule has 3 aliphatic heterocycles. The van der Waals surface area contributed by atoms with Crippen LogP contribution in [0, 0.1) is 30.4 Å². The van der Waals surface area contributed by atoms with Crippen LogP contribution in [0.25, 0.3) is 11.3 Å². The molecule has 0 N–H and O–H groups in total. The molecule has 0 aliphatic carbocycles. The van der Waals surface area contributed by atoms with Crippen LogP contribution in [0.1, 0.15) is 61.6 Å². The molecule has 6 rings (SSSR count). The molecule has 47 heavy (non-hydrogen) atoms. The average molecular weight is 648 g/mol. The second-order valence-electron chi connectivity index (χ2n) is 12.8. The number of likely N-dealkylation sites (tertiary alicyclic amines) is 1. The minimum Gasteiger partial charge on any atom is -0.485 e. The number of aryl methyl sites for hydroxylation is 1. The summed E-state index contributed by atoms with van der Waals surface area (Å²) in [6.07, 6.45) is 3.94. The van der Waals surface area contributed by atoms with Crippen molar-refractivity contribution in [2.24, 2.45) is 11.8 Å². The number of nitrogens with zero attached hydrogens (tertiary/aromatic N) is 3. The maximum Gasteiger partial charge on any atom is 0.309 e. The van der Waals surface area contributed by atoms with Crippen molar-refractivity contribution in [3.8, 4) is 17.0 Å². The van der Waals surface area contributed by atoms with Crippen LogP contribution in [0.2, 0.25) is 0 Å². The number of amides is 1. The van der Waals surface area contributed by atoms with Gasteiger partial charge in [0.2, 0.25) is 5.91 Å². The number of halogens is 2. The summed E-state index contributed by atoms with van der Waals surface area (Å²) in [7, 11) is 0. The van der Waals surface area contributed by atoms with E-state index >= 15 is 4.39 Å². The number of carbonyl (C=O) groups excluding carboxylic acids is 2. The van der Waals surface area contributed by atoms with Gasteiger partial charge in [-0.1, -0.05) is 24.3 Å². The fourth-order valence-electron chi connectivity index (χ4n) is 6.96. The molecule has 2 aromatic carbocycles. The average Bonchev–Trinajstić information content (AvgIpc) is 3.63. The zero-order valence-electron chi connectivity index (χ0n) is 27.2. The smallest absolute Gasteiger partial charge is 0.309 e. The summed E-state index contributed by atoms with van der Waals surface area (Å²) < 4.78 is 46.4. The normalized spacial score (nSPS) is 19.2. The van der Waals surface area contributed by atoms with Crippen molar-refractivity contribution < 1.29 is 32.6 Å². The molecule has 0 radical (unpaired) electrons. The van der Waals surface area contributed by atoms with Gasteiger partial charge in [0, 0.05) is 44.4 Å². The maximum atomic E-state index is 15.2. The van der Waals surface area contributed by atoms with E-state index in [2.05, 4.69) is 17.0 Å². The molecule has 10 heteroatoms. The molecule has 1 amide bonds. The fourth-order valence-corrected chi connectivity index (χ4v) is 6.96. The third kappa shape index (κ3) is 7.59. The molecule has 0 bridgehead atoms. The number of hydrogen-bond acceptors (Lipinski definition) is 7. The number of esters is 1. The number of benzene rings is 2. The Morgan fingerprint density at radius 2 is 1.74 bits per heavy atom. The highest BCUT2D eigenvalue weighted by atomic mass is 19.1. The Morgan fingerprint density at radius 1 is 0.957 bits per heavy atom. The lowest BCUT2D eigenvalue weighted by Gasteiger charge is -2.33. The lowest BCUT2D eigenvalue weighted by molar-refractivity contribution is -0.148. The van der Waals surface area contributed by atoms with Crippen LogP contribution in [0.5, 0.6) is 5.75 Å². The summed E-state index contributed by atoms with van der Waals surface area (Å²) in [6.45, 7) is 8.24.